The maximum Gasteiger partial charge on any atom is 0.0380 e. The molecule has 1 heterocycles. The Morgan fingerprint density at radius 3 is 2.79 bits per heavy atom. The molecule has 1 aromatic carbocycles. The van der Waals surface area contributed by atoms with Gasteiger partial charge in [0.2, 0.25) is 0 Å². The molecule has 0 radical (unpaired) electrons. The average molecular weight is 338 g/mol. The van der Waals surface area contributed by atoms with E-state index in [1.54, 1.807) is 11.3 Å². The van der Waals surface area contributed by atoms with Crippen molar-refractivity contribution in [3.63, 3.8) is 0 Å². The molecule has 0 aliphatic carbocycles. The first-order valence-corrected chi connectivity index (χ1v) is 8.44. The smallest absolute Gasteiger partial charge is 0.0380 e. The average Bonchev–Trinajstić information content (AvgIpc) is 2.81. The largest absolute Gasteiger partial charge is 0.310 e. The lowest BCUT2D eigenvalue weighted by Crippen LogP contribution is -2.24. The van der Waals surface area contributed by atoms with Crippen LogP contribution < -0.4 is 5.32 Å². The van der Waals surface area contributed by atoms with Gasteiger partial charge in [0.05, 0.1) is 0 Å². The molecule has 0 bridgehead atoms. The molecule has 2 rings (SSSR count). The fourth-order valence-corrected chi connectivity index (χ4v) is 3.85. The Kier molecular flexibility index (Phi) is 5.61. The molecule has 0 amide bonds. The number of halogens is 1. The minimum absolute atomic E-state index is 0.391. The molecule has 102 valence electrons. The van der Waals surface area contributed by atoms with E-state index in [4.69, 9.17) is 0 Å². The van der Waals surface area contributed by atoms with Crippen LogP contribution in [-0.2, 0) is 6.42 Å². The summed E-state index contributed by atoms with van der Waals surface area (Å²) in [6, 6.07) is 9.18. The maximum absolute atomic E-state index is 3.66. The monoisotopic (exact) mass is 337 g/mol. The molecule has 0 aliphatic heterocycles. The summed E-state index contributed by atoms with van der Waals surface area (Å²) >= 11 is 5.41. The number of hydrogen-bond donors (Lipinski definition) is 1. The fraction of sp³-hybridized carbons (Fsp3) is 0.375. The first-order valence-electron chi connectivity index (χ1n) is 6.71. The number of nitrogens with one attached hydrogen (secondary N) is 1. The van der Waals surface area contributed by atoms with Crippen LogP contribution in [0.4, 0.5) is 0 Å². The summed E-state index contributed by atoms with van der Waals surface area (Å²) < 4.78 is 1.22. The van der Waals surface area contributed by atoms with Crippen LogP contribution in [0.3, 0.4) is 0 Å². The van der Waals surface area contributed by atoms with Crippen molar-refractivity contribution < 1.29 is 0 Å². The summed E-state index contributed by atoms with van der Waals surface area (Å²) in [7, 11) is 0. The maximum atomic E-state index is 3.66. The zero-order chi connectivity index (χ0) is 13.7. The Balaban J connectivity index is 2.16. The Labute approximate surface area is 128 Å². The van der Waals surface area contributed by atoms with Gasteiger partial charge < -0.3 is 5.32 Å². The fourth-order valence-electron chi connectivity index (χ4n) is 2.23. The topological polar surface area (TPSA) is 12.0 Å². The van der Waals surface area contributed by atoms with Crippen LogP contribution >= 0.6 is 27.3 Å². The van der Waals surface area contributed by atoms with Crippen molar-refractivity contribution in [2.24, 2.45) is 0 Å². The lowest BCUT2D eigenvalue weighted by molar-refractivity contribution is 0.529. The minimum atomic E-state index is 0.391. The summed E-state index contributed by atoms with van der Waals surface area (Å²) in [4.78, 5) is 0. The molecule has 2 aromatic rings. The highest BCUT2D eigenvalue weighted by Gasteiger charge is 2.15. The van der Waals surface area contributed by atoms with Crippen LogP contribution in [0.15, 0.2) is 39.5 Å². The van der Waals surface area contributed by atoms with E-state index in [9.17, 15) is 0 Å². The van der Waals surface area contributed by atoms with Gasteiger partial charge in [-0.05, 0) is 58.7 Å². The lowest BCUT2D eigenvalue weighted by Gasteiger charge is -2.19. The summed E-state index contributed by atoms with van der Waals surface area (Å²) in [5.74, 6) is 0. The van der Waals surface area contributed by atoms with E-state index < -0.39 is 0 Å². The third-order valence-corrected chi connectivity index (χ3v) is 4.93. The van der Waals surface area contributed by atoms with Crippen LogP contribution in [-0.4, -0.2) is 6.54 Å². The molecule has 0 fully saturated rings. The van der Waals surface area contributed by atoms with Gasteiger partial charge in [-0.1, -0.05) is 36.8 Å². The van der Waals surface area contributed by atoms with Crippen LogP contribution in [0.2, 0.25) is 0 Å². The summed E-state index contributed by atoms with van der Waals surface area (Å²) in [6.45, 7) is 5.41. The Morgan fingerprint density at radius 2 is 2.16 bits per heavy atom. The van der Waals surface area contributed by atoms with Crippen molar-refractivity contribution in [3.05, 3.63) is 56.2 Å². The number of aryl methyl sites for hydroxylation is 1. The van der Waals surface area contributed by atoms with Gasteiger partial charge in [0.1, 0.15) is 0 Å². The van der Waals surface area contributed by atoms with Crippen LogP contribution in [0, 0.1) is 6.92 Å². The molecule has 1 N–H and O–H groups in total. The van der Waals surface area contributed by atoms with Crippen molar-refractivity contribution in [1.82, 2.24) is 5.32 Å². The molecule has 0 spiro atoms. The lowest BCUT2D eigenvalue weighted by atomic mass is 10.00. The highest BCUT2D eigenvalue weighted by Crippen LogP contribution is 2.29. The normalized spacial score (nSPS) is 12.6. The molecule has 0 saturated carbocycles. The zero-order valence-electron chi connectivity index (χ0n) is 11.4. The molecule has 1 atom stereocenters. The van der Waals surface area contributed by atoms with Crippen molar-refractivity contribution in [2.75, 3.05) is 6.54 Å². The van der Waals surface area contributed by atoms with Gasteiger partial charge in [-0.3, -0.25) is 0 Å². The Bertz CT molecular complexity index is 521. The van der Waals surface area contributed by atoms with Gasteiger partial charge in [-0.15, -0.1) is 0 Å². The van der Waals surface area contributed by atoms with Crippen LogP contribution in [0.1, 0.15) is 36.1 Å². The van der Waals surface area contributed by atoms with Gasteiger partial charge >= 0.3 is 0 Å². The molecule has 1 aromatic heterocycles. The van der Waals surface area contributed by atoms with Crippen molar-refractivity contribution in [2.45, 2.75) is 32.7 Å². The third kappa shape index (κ3) is 4.16. The quantitative estimate of drug-likeness (QED) is 0.772. The van der Waals surface area contributed by atoms with Crippen molar-refractivity contribution >= 4 is 27.3 Å². The van der Waals surface area contributed by atoms with E-state index >= 15 is 0 Å². The van der Waals surface area contributed by atoms with Gasteiger partial charge in [-0.2, -0.15) is 11.3 Å². The van der Waals surface area contributed by atoms with Gasteiger partial charge in [0.15, 0.2) is 0 Å². The predicted molar refractivity (Wildman–Crippen MR) is 87.9 cm³/mol. The highest BCUT2D eigenvalue weighted by atomic mass is 79.9. The molecule has 0 aliphatic rings. The van der Waals surface area contributed by atoms with E-state index in [0.29, 0.717) is 6.04 Å². The van der Waals surface area contributed by atoms with E-state index in [2.05, 4.69) is 70.1 Å². The Hall–Kier alpha value is -0.640. The standard InChI is InChI=1S/C16H20BrNS/c1-3-7-18-16(14-10-19-11-15(14)17)9-13-6-4-5-12(2)8-13/h4-6,8,10-11,16,18H,3,7,9H2,1-2H3. The first kappa shape index (κ1) is 14.8. The zero-order valence-corrected chi connectivity index (χ0v) is 13.9. The molecular formula is C16H20BrNS. The SMILES string of the molecule is CCCNC(Cc1cccc(C)c1)c1cscc1Br. The number of thiophene rings is 1. The minimum Gasteiger partial charge on any atom is -0.310 e. The van der Waals surface area contributed by atoms with Crippen LogP contribution in [0.25, 0.3) is 0 Å². The summed E-state index contributed by atoms with van der Waals surface area (Å²) in [5, 5.41) is 8.06. The number of rotatable bonds is 6. The van der Waals surface area contributed by atoms with Crippen molar-refractivity contribution in [3.8, 4) is 0 Å². The van der Waals surface area contributed by atoms with E-state index in [1.165, 1.54) is 21.2 Å². The van der Waals surface area contributed by atoms with E-state index in [0.717, 1.165) is 19.4 Å². The number of hydrogen-bond acceptors (Lipinski definition) is 2. The van der Waals surface area contributed by atoms with E-state index in [-0.39, 0.29) is 0 Å². The second-order valence-corrected chi connectivity index (χ2v) is 6.47. The second kappa shape index (κ2) is 7.22. The van der Waals surface area contributed by atoms with Gasteiger partial charge in [-0.25, -0.2) is 0 Å². The third-order valence-electron chi connectivity index (χ3n) is 3.18. The molecule has 3 heteroatoms. The van der Waals surface area contributed by atoms with Gasteiger partial charge in [0.25, 0.3) is 0 Å². The summed E-state index contributed by atoms with van der Waals surface area (Å²) in [5.41, 5.74) is 4.10. The predicted octanol–water partition coefficient (Wildman–Crippen LogP) is 5.10. The van der Waals surface area contributed by atoms with E-state index in [1.807, 2.05) is 0 Å². The van der Waals surface area contributed by atoms with Gasteiger partial charge in [0, 0.05) is 15.9 Å². The summed E-state index contributed by atoms with van der Waals surface area (Å²) in [6.07, 6.45) is 2.20. The second-order valence-electron chi connectivity index (χ2n) is 4.87. The molecule has 19 heavy (non-hydrogen) atoms. The molecular weight excluding hydrogens is 318 g/mol. The number of benzene rings is 1. The van der Waals surface area contributed by atoms with Crippen LogP contribution in [0.5, 0.6) is 0 Å². The van der Waals surface area contributed by atoms with Crippen molar-refractivity contribution in [1.29, 1.82) is 0 Å². The molecule has 1 unspecified atom stereocenters. The first-order chi connectivity index (χ1) is 9.20. The highest BCUT2D eigenvalue weighted by molar-refractivity contribution is 9.10. The molecule has 0 saturated heterocycles. The Morgan fingerprint density at radius 1 is 1.32 bits per heavy atom. The molecule has 1 nitrogen and oxygen atoms in total.